The van der Waals surface area contributed by atoms with Crippen LogP contribution in [-0.2, 0) is 0 Å². The predicted octanol–water partition coefficient (Wildman–Crippen LogP) is 3.53. The molecular formula is C15H12F2N2O2. The second kappa shape index (κ2) is 5.05. The zero-order chi connectivity index (χ0) is 15.0. The molecule has 0 fully saturated rings. The molecule has 6 heteroatoms. The van der Waals surface area contributed by atoms with Crippen molar-refractivity contribution in [2.75, 3.05) is 14.2 Å². The highest BCUT2D eigenvalue weighted by Gasteiger charge is 2.14. The summed E-state index contributed by atoms with van der Waals surface area (Å²) in [4.78, 5) is 7.07. The molecule has 0 bridgehead atoms. The van der Waals surface area contributed by atoms with Gasteiger partial charge in [0, 0.05) is 11.6 Å². The van der Waals surface area contributed by atoms with Gasteiger partial charge in [0.25, 0.3) is 0 Å². The molecule has 0 spiro atoms. The number of aromatic amines is 1. The number of benzene rings is 2. The number of imidazole rings is 1. The van der Waals surface area contributed by atoms with Crippen LogP contribution < -0.4 is 9.47 Å². The van der Waals surface area contributed by atoms with E-state index in [1.165, 1.54) is 20.3 Å². The lowest BCUT2D eigenvalue weighted by atomic mass is 10.2. The third kappa shape index (κ3) is 2.29. The standard InChI is InChI=1S/C15H12F2N2O2/c1-20-9-5-8(6-10(7-9)21-2)15-18-12-4-3-11(16)13(17)14(12)19-15/h3-7H,1-2H3,(H,18,19). The monoisotopic (exact) mass is 290 g/mol. The smallest absolute Gasteiger partial charge is 0.186 e. The van der Waals surface area contributed by atoms with E-state index < -0.39 is 11.6 Å². The number of fused-ring (bicyclic) bond motifs is 1. The molecule has 21 heavy (non-hydrogen) atoms. The molecule has 3 aromatic rings. The quantitative estimate of drug-likeness (QED) is 0.802. The van der Waals surface area contributed by atoms with Gasteiger partial charge in [-0.2, -0.15) is 0 Å². The highest BCUT2D eigenvalue weighted by molar-refractivity contribution is 5.80. The molecule has 0 radical (unpaired) electrons. The van der Waals surface area contributed by atoms with Crippen LogP contribution in [-0.4, -0.2) is 24.2 Å². The first-order chi connectivity index (χ1) is 10.1. The summed E-state index contributed by atoms with van der Waals surface area (Å²) in [7, 11) is 3.07. The fourth-order valence-corrected chi connectivity index (χ4v) is 2.10. The lowest BCUT2D eigenvalue weighted by molar-refractivity contribution is 0.394. The van der Waals surface area contributed by atoms with Crippen LogP contribution in [0, 0.1) is 11.6 Å². The molecule has 0 saturated carbocycles. The maximum Gasteiger partial charge on any atom is 0.186 e. The molecule has 0 amide bonds. The van der Waals surface area contributed by atoms with E-state index in [9.17, 15) is 8.78 Å². The maximum atomic E-state index is 13.7. The van der Waals surface area contributed by atoms with Gasteiger partial charge in [-0.15, -0.1) is 0 Å². The number of hydrogen-bond acceptors (Lipinski definition) is 3. The number of methoxy groups -OCH3 is 2. The van der Waals surface area contributed by atoms with Crippen molar-refractivity contribution in [3.05, 3.63) is 42.0 Å². The first-order valence-corrected chi connectivity index (χ1v) is 6.19. The molecule has 2 aromatic carbocycles. The van der Waals surface area contributed by atoms with Crippen molar-refractivity contribution in [2.45, 2.75) is 0 Å². The van der Waals surface area contributed by atoms with Gasteiger partial charge in [0.15, 0.2) is 11.6 Å². The van der Waals surface area contributed by atoms with E-state index in [0.29, 0.717) is 28.4 Å². The summed E-state index contributed by atoms with van der Waals surface area (Å²) in [6.45, 7) is 0. The molecule has 1 heterocycles. The van der Waals surface area contributed by atoms with Gasteiger partial charge in [0.05, 0.1) is 19.7 Å². The van der Waals surface area contributed by atoms with Crippen molar-refractivity contribution in [1.29, 1.82) is 0 Å². The van der Waals surface area contributed by atoms with E-state index in [1.807, 2.05) is 0 Å². The third-order valence-electron chi connectivity index (χ3n) is 3.17. The van der Waals surface area contributed by atoms with Crippen LogP contribution in [0.1, 0.15) is 0 Å². The second-order valence-corrected chi connectivity index (χ2v) is 4.44. The summed E-state index contributed by atoms with van der Waals surface area (Å²) in [6.07, 6.45) is 0. The van der Waals surface area contributed by atoms with Gasteiger partial charge in [-0.25, -0.2) is 13.8 Å². The average molecular weight is 290 g/mol. The topological polar surface area (TPSA) is 47.1 Å². The number of hydrogen-bond donors (Lipinski definition) is 1. The molecule has 0 aliphatic carbocycles. The fraction of sp³-hybridized carbons (Fsp3) is 0.133. The molecule has 0 saturated heterocycles. The molecule has 108 valence electrons. The Morgan fingerprint density at radius 3 is 2.29 bits per heavy atom. The molecule has 0 aliphatic rings. The molecule has 3 rings (SSSR count). The van der Waals surface area contributed by atoms with Crippen molar-refractivity contribution < 1.29 is 18.3 Å². The molecular weight excluding hydrogens is 278 g/mol. The van der Waals surface area contributed by atoms with E-state index in [2.05, 4.69) is 9.97 Å². The Bertz CT molecular complexity index is 793. The fourth-order valence-electron chi connectivity index (χ4n) is 2.10. The number of H-pyrrole nitrogens is 1. The second-order valence-electron chi connectivity index (χ2n) is 4.44. The SMILES string of the molecule is COc1cc(OC)cc(-c2nc3c(F)c(F)ccc3[nH]2)c1. The maximum absolute atomic E-state index is 13.7. The number of nitrogens with one attached hydrogen (secondary N) is 1. The van der Waals surface area contributed by atoms with Crippen molar-refractivity contribution in [3.63, 3.8) is 0 Å². The summed E-state index contributed by atoms with van der Waals surface area (Å²) < 4.78 is 37.3. The normalized spacial score (nSPS) is 10.9. The Morgan fingerprint density at radius 1 is 1.00 bits per heavy atom. The van der Waals surface area contributed by atoms with Gasteiger partial charge in [-0.05, 0) is 24.3 Å². The van der Waals surface area contributed by atoms with Crippen LogP contribution in [0.3, 0.4) is 0 Å². The molecule has 4 nitrogen and oxygen atoms in total. The summed E-state index contributed by atoms with van der Waals surface area (Å²) >= 11 is 0. The lowest BCUT2D eigenvalue weighted by Crippen LogP contribution is -1.89. The minimum absolute atomic E-state index is 0.0354. The van der Waals surface area contributed by atoms with Crippen LogP contribution in [0.4, 0.5) is 8.78 Å². The van der Waals surface area contributed by atoms with Gasteiger partial charge in [0.1, 0.15) is 22.8 Å². The Labute approximate surface area is 119 Å². The highest BCUT2D eigenvalue weighted by Crippen LogP contribution is 2.30. The molecule has 0 atom stereocenters. The van der Waals surface area contributed by atoms with Crippen LogP contribution in [0.5, 0.6) is 11.5 Å². The lowest BCUT2D eigenvalue weighted by Gasteiger charge is -2.06. The molecule has 1 aromatic heterocycles. The first-order valence-electron chi connectivity index (χ1n) is 6.19. The molecule has 1 N–H and O–H groups in total. The Balaban J connectivity index is 2.18. The number of halogens is 2. The van der Waals surface area contributed by atoms with Crippen LogP contribution >= 0.6 is 0 Å². The van der Waals surface area contributed by atoms with E-state index >= 15 is 0 Å². The van der Waals surface area contributed by atoms with Crippen LogP contribution in [0.15, 0.2) is 30.3 Å². The van der Waals surface area contributed by atoms with Gasteiger partial charge >= 0.3 is 0 Å². The Morgan fingerprint density at radius 2 is 1.67 bits per heavy atom. The summed E-state index contributed by atoms with van der Waals surface area (Å²) in [6, 6.07) is 7.68. The van der Waals surface area contributed by atoms with Crippen LogP contribution in [0.25, 0.3) is 22.4 Å². The molecule has 0 unspecified atom stereocenters. The van der Waals surface area contributed by atoms with Crippen molar-refractivity contribution in [1.82, 2.24) is 9.97 Å². The van der Waals surface area contributed by atoms with E-state index in [-0.39, 0.29) is 5.52 Å². The average Bonchev–Trinajstić information content (AvgIpc) is 2.95. The number of ether oxygens (including phenoxy) is 2. The zero-order valence-electron chi connectivity index (χ0n) is 11.4. The zero-order valence-corrected chi connectivity index (χ0v) is 11.4. The van der Waals surface area contributed by atoms with Crippen molar-refractivity contribution in [2.24, 2.45) is 0 Å². The third-order valence-corrected chi connectivity index (χ3v) is 3.17. The van der Waals surface area contributed by atoms with E-state index in [0.717, 1.165) is 6.07 Å². The van der Waals surface area contributed by atoms with Gasteiger partial charge in [-0.3, -0.25) is 0 Å². The van der Waals surface area contributed by atoms with E-state index in [1.54, 1.807) is 18.2 Å². The number of nitrogens with zero attached hydrogens (tertiary/aromatic N) is 1. The minimum Gasteiger partial charge on any atom is -0.497 e. The van der Waals surface area contributed by atoms with Gasteiger partial charge in [-0.1, -0.05) is 0 Å². The Hall–Kier alpha value is -2.63. The van der Waals surface area contributed by atoms with Gasteiger partial charge < -0.3 is 14.5 Å². The predicted molar refractivity (Wildman–Crippen MR) is 74.5 cm³/mol. The molecule has 0 aliphatic heterocycles. The number of aromatic nitrogens is 2. The van der Waals surface area contributed by atoms with Crippen molar-refractivity contribution >= 4 is 11.0 Å². The van der Waals surface area contributed by atoms with Crippen LogP contribution in [0.2, 0.25) is 0 Å². The summed E-state index contributed by atoms with van der Waals surface area (Å²) in [5.41, 5.74) is 1.04. The summed E-state index contributed by atoms with van der Waals surface area (Å²) in [5, 5.41) is 0. The number of rotatable bonds is 3. The largest absolute Gasteiger partial charge is 0.497 e. The summed E-state index contributed by atoms with van der Waals surface area (Å²) in [5.74, 6) is -0.326. The van der Waals surface area contributed by atoms with Crippen molar-refractivity contribution in [3.8, 4) is 22.9 Å². The Kier molecular flexibility index (Phi) is 3.21. The highest BCUT2D eigenvalue weighted by atomic mass is 19.2. The minimum atomic E-state index is -0.968. The van der Waals surface area contributed by atoms with Gasteiger partial charge in [0.2, 0.25) is 0 Å². The first kappa shape index (κ1) is 13.4. The van der Waals surface area contributed by atoms with E-state index in [4.69, 9.17) is 9.47 Å².